The summed E-state index contributed by atoms with van der Waals surface area (Å²) in [7, 11) is 1.90. The van der Waals surface area contributed by atoms with Gasteiger partial charge in [0.1, 0.15) is 4.34 Å². The normalized spacial score (nSPS) is 22.9. The van der Waals surface area contributed by atoms with Gasteiger partial charge in [-0.3, -0.25) is 9.89 Å². The minimum atomic E-state index is 0.733. The summed E-state index contributed by atoms with van der Waals surface area (Å²) in [5.74, 6) is 2.18. The number of guanidine groups is 1. The van der Waals surface area contributed by atoms with Crippen molar-refractivity contribution in [3.63, 3.8) is 0 Å². The lowest BCUT2D eigenvalue weighted by atomic mass is 10.2. The molecule has 2 fully saturated rings. The van der Waals surface area contributed by atoms with E-state index in [4.69, 9.17) is 0 Å². The lowest BCUT2D eigenvalue weighted by molar-refractivity contribution is 0.249. The first-order valence-corrected chi connectivity index (χ1v) is 10.5. The summed E-state index contributed by atoms with van der Waals surface area (Å²) in [5.41, 5.74) is 0. The molecule has 3 heterocycles. The molecule has 23 heavy (non-hydrogen) atoms. The van der Waals surface area contributed by atoms with Crippen molar-refractivity contribution in [1.29, 1.82) is 0 Å². The molecule has 1 N–H and O–H groups in total. The van der Waals surface area contributed by atoms with Crippen molar-refractivity contribution in [2.45, 2.75) is 36.1 Å². The highest BCUT2D eigenvalue weighted by molar-refractivity contribution is 8.00. The fourth-order valence-electron chi connectivity index (χ4n) is 3.38. The fraction of sp³-hybridized carbons (Fsp3) is 0.750. The van der Waals surface area contributed by atoms with Crippen LogP contribution >= 0.6 is 23.1 Å². The summed E-state index contributed by atoms with van der Waals surface area (Å²) in [4.78, 5) is 13.9. The van der Waals surface area contributed by atoms with E-state index in [1.54, 1.807) is 11.3 Å². The van der Waals surface area contributed by atoms with Gasteiger partial charge in [-0.25, -0.2) is 4.98 Å². The number of hydrogen-bond acceptors (Lipinski definition) is 5. The van der Waals surface area contributed by atoms with Gasteiger partial charge in [-0.05, 0) is 38.8 Å². The molecule has 0 radical (unpaired) electrons. The number of thioether (sulfide) groups is 1. The maximum Gasteiger partial charge on any atom is 0.193 e. The third-order valence-corrected chi connectivity index (χ3v) is 6.62. The number of nitrogens with zero attached hydrogens (tertiary/aromatic N) is 4. The van der Waals surface area contributed by atoms with Crippen LogP contribution in [-0.4, -0.2) is 72.3 Å². The lowest BCUT2D eigenvalue weighted by Crippen LogP contribution is -2.43. The molecule has 1 aromatic rings. The van der Waals surface area contributed by atoms with Gasteiger partial charge in [-0.1, -0.05) is 11.8 Å². The topological polar surface area (TPSA) is 43.8 Å². The second kappa shape index (κ2) is 8.89. The van der Waals surface area contributed by atoms with Crippen molar-refractivity contribution >= 4 is 29.1 Å². The van der Waals surface area contributed by atoms with E-state index >= 15 is 0 Å². The average Bonchev–Trinajstić information content (AvgIpc) is 3.32. The number of rotatable bonds is 6. The highest BCUT2D eigenvalue weighted by Gasteiger charge is 2.30. The minimum Gasteiger partial charge on any atom is -0.356 e. The zero-order valence-electron chi connectivity index (χ0n) is 13.9. The maximum absolute atomic E-state index is 4.47. The molecule has 0 aliphatic carbocycles. The van der Waals surface area contributed by atoms with Gasteiger partial charge in [0, 0.05) is 50.1 Å². The Bertz CT molecular complexity index is 485. The van der Waals surface area contributed by atoms with Gasteiger partial charge in [-0.2, -0.15) is 0 Å². The molecule has 0 aromatic carbocycles. The number of likely N-dealkylation sites (tertiary alicyclic amines) is 2. The minimum absolute atomic E-state index is 0.733. The van der Waals surface area contributed by atoms with Crippen LogP contribution in [0.1, 0.15) is 25.7 Å². The van der Waals surface area contributed by atoms with Crippen molar-refractivity contribution in [3.8, 4) is 0 Å². The van der Waals surface area contributed by atoms with Crippen LogP contribution in [-0.2, 0) is 0 Å². The highest BCUT2D eigenvalue weighted by Crippen LogP contribution is 2.21. The summed E-state index contributed by atoms with van der Waals surface area (Å²) in [6, 6.07) is 0.733. The predicted octanol–water partition coefficient (Wildman–Crippen LogP) is 2.37. The van der Waals surface area contributed by atoms with Gasteiger partial charge in [0.15, 0.2) is 5.96 Å². The van der Waals surface area contributed by atoms with Crippen LogP contribution in [0.3, 0.4) is 0 Å². The summed E-state index contributed by atoms with van der Waals surface area (Å²) >= 11 is 3.56. The maximum atomic E-state index is 4.47. The largest absolute Gasteiger partial charge is 0.356 e. The van der Waals surface area contributed by atoms with E-state index in [9.17, 15) is 0 Å². The van der Waals surface area contributed by atoms with Gasteiger partial charge in [0.05, 0.1) is 0 Å². The number of thiazole rings is 1. The molecule has 1 aromatic heterocycles. The monoisotopic (exact) mass is 353 g/mol. The molecule has 0 bridgehead atoms. The Kier molecular flexibility index (Phi) is 6.59. The number of nitrogens with one attached hydrogen (secondary N) is 1. The fourth-order valence-corrected chi connectivity index (χ4v) is 5.03. The first-order valence-electron chi connectivity index (χ1n) is 8.59. The van der Waals surface area contributed by atoms with Crippen LogP contribution in [0.4, 0.5) is 0 Å². The zero-order chi connectivity index (χ0) is 15.9. The molecule has 0 spiro atoms. The first kappa shape index (κ1) is 17.0. The van der Waals surface area contributed by atoms with Gasteiger partial charge in [0.25, 0.3) is 0 Å². The predicted molar refractivity (Wildman–Crippen MR) is 99.6 cm³/mol. The summed E-state index contributed by atoms with van der Waals surface area (Å²) < 4.78 is 1.17. The highest BCUT2D eigenvalue weighted by atomic mass is 32.2. The van der Waals surface area contributed by atoms with Crippen molar-refractivity contribution in [3.05, 3.63) is 11.6 Å². The third kappa shape index (κ3) is 4.84. The molecule has 7 heteroatoms. The van der Waals surface area contributed by atoms with E-state index in [-0.39, 0.29) is 0 Å². The van der Waals surface area contributed by atoms with Gasteiger partial charge in [0.2, 0.25) is 0 Å². The van der Waals surface area contributed by atoms with E-state index in [1.807, 2.05) is 30.4 Å². The first-order chi connectivity index (χ1) is 11.4. The molecular formula is C16H27N5S2. The summed E-state index contributed by atoms with van der Waals surface area (Å²) in [5, 5.41) is 5.56. The average molecular weight is 354 g/mol. The van der Waals surface area contributed by atoms with E-state index < -0.39 is 0 Å². The van der Waals surface area contributed by atoms with Crippen molar-refractivity contribution in [1.82, 2.24) is 20.1 Å². The Hall–Kier alpha value is -0.790. The Morgan fingerprint density at radius 3 is 3.04 bits per heavy atom. The van der Waals surface area contributed by atoms with Gasteiger partial charge in [-0.15, -0.1) is 11.3 Å². The number of hydrogen-bond donors (Lipinski definition) is 1. The number of aliphatic imine (C=N–C) groups is 1. The SMILES string of the molecule is CN=C(NCCCSc1nccs1)N1CCC(N2CCCC2)C1. The van der Waals surface area contributed by atoms with Crippen LogP contribution in [0.2, 0.25) is 0 Å². The van der Waals surface area contributed by atoms with E-state index in [2.05, 4.69) is 25.1 Å². The van der Waals surface area contributed by atoms with Crippen LogP contribution in [0.25, 0.3) is 0 Å². The van der Waals surface area contributed by atoms with E-state index in [0.29, 0.717) is 0 Å². The van der Waals surface area contributed by atoms with Crippen molar-refractivity contribution in [2.24, 2.45) is 4.99 Å². The number of aromatic nitrogens is 1. The summed E-state index contributed by atoms with van der Waals surface area (Å²) in [6.45, 7) is 5.83. The molecule has 2 aliphatic rings. The molecular weight excluding hydrogens is 326 g/mol. The second-order valence-corrected chi connectivity index (χ2v) is 8.34. The third-order valence-electron chi connectivity index (χ3n) is 4.57. The van der Waals surface area contributed by atoms with Crippen molar-refractivity contribution < 1.29 is 0 Å². The summed E-state index contributed by atoms with van der Waals surface area (Å²) in [6.07, 6.45) is 7.03. The Balaban J connectivity index is 1.35. The molecule has 0 amide bonds. The molecule has 2 saturated heterocycles. The molecule has 1 atom stereocenters. The van der Waals surface area contributed by atoms with E-state index in [1.165, 1.54) is 36.7 Å². The zero-order valence-corrected chi connectivity index (χ0v) is 15.5. The molecule has 5 nitrogen and oxygen atoms in total. The Labute approximate surface area is 147 Å². The smallest absolute Gasteiger partial charge is 0.193 e. The van der Waals surface area contributed by atoms with Crippen LogP contribution in [0, 0.1) is 0 Å². The Morgan fingerprint density at radius 2 is 2.30 bits per heavy atom. The standard InChI is InChI=1S/C16H27N5S2/c1-17-15(18-6-4-11-22-16-19-7-12-23-16)21-10-5-14(13-21)20-8-2-3-9-20/h7,12,14H,2-6,8-11,13H2,1H3,(H,17,18). The van der Waals surface area contributed by atoms with Gasteiger partial charge < -0.3 is 10.2 Å². The molecule has 1 unspecified atom stereocenters. The Morgan fingerprint density at radius 1 is 1.43 bits per heavy atom. The van der Waals surface area contributed by atoms with Crippen LogP contribution in [0.15, 0.2) is 20.9 Å². The van der Waals surface area contributed by atoms with Gasteiger partial charge >= 0.3 is 0 Å². The molecule has 3 rings (SSSR count). The molecule has 0 saturated carbocycles. The molecule has 128 valence electrons. The molecule has 2 aliphatic heterocycles. The van der Waals surface area contributed by atoms with Crippen molar-refractivity contribution in [2.75, 3.05) is 45.5 Å². The lowest BCUT2D eigenvalue weighted by Gasteiger charge is -2.25. The van der Waals surface area contributed by atoms with Crippen LogP contribution < -0.4 is 5.32 Å². The quantitative estimate of drug-likeness (QED) is 0.368. The second-order valence-electron chi connectivity index (χ2n) is 6.11. The van der Waals surface area contributed by atoms with Crippen LogP contribution in [0.5, 0.6) is 0 Å². The van der Waals surface area contributed by atoms with E-state index in [0.717, 1.165) is 43.8 Å².